The van der Waals surface area contributed by atoms with Crippen molar-refractivity contribution in [1.82, 2.24) is 15.1 Å². The molecule has 3 aromatic carbocycles. The summed E-state index contributed by atoms with van der Waals surface area (Å²) in [5.41, 5.74) is 5.32. The fourth-order valence-electron chi connectivity index (χ4n) is 4.44. The highest BCUT2D eigenvalue weighted by atomic mass is 35.5. The summed E-state index contributed by atoms with van der Waals surface area (Å²) in [6.45, 7) is 3.23. The second-order valence-electron chi connectivity index (χ2n) is 8.43. The second-order valence-corrected chi connectivity index (χ2v) is 8.84. The molecule has 5 rings (SSSR count). The molecule has 4 aromatic rings. The number of nitrogens with zero attached hydrogens (tertiary/aromatic N) is 2. The van der Waals surface area contributed by atoms with Crippen LogP contribution < -0.4 is 4.74 Å². The topological polar surface area (TPSA) is 58.2 Å². The molecular formula is C28H26ClN3O2. The van der Waals surface area contributed by atoms with Crippen molar-refractivity contribution in [3.05, 3.63) is 106 Å². The molecule has 0 aliphatic carbocycles. The van der Waals surface area contributed by atoms with Crippen LogP contribution in [0, 0.1) is 0 Å². The Morgan fingerprint density at radius 3 is 2.47 bits per heavy atom. The minimum Gasteiger partial charge on any atom is -0.489 e. The van der Waals surface area contributed by atoms with Gasteiger partial charge in [0.1, 0.15) is 18.1 Å². The lowest BCUT2D eigenvalue weighted by atomic mass is 9.96. The number of amides is 1. The van der Waals surface area contributed by atoms with Crippen LogP contribution >= 0.6 is 11.6 Å². The number of halogens is 1. The minimum absolute atomic E-state index is 0.00202. The van der Waals surface area contributed by atoms with Crippen molar-refractivity contribution in [3.8, 4) is 17.0 Å². The summed E-state index contributed by atoms with van der Waals surface area (Å²) in [5.74, 6) is 0.756. The first-order valence-corrected chi connectivity index (χ1v) is 12.0. The summed E-state index contributed by atoms with van der Waals surface area (Å²) in [5, 5.41) is 8.24. The molecule has 1 N–H and O–H groups in total. The van der Waals surface area contributed by atoms with Crippen LogP contribution in [0.2, 0.25) is 5.02 Å². The van der Waals surface area contributed by atoms with Crippen molar-refractivity contribution in [3.63, 3.8) is 0 Å². The maximum Gasteiger partial charge on any atom is 0.273 e. The lowest BCUT2D eigenvalue weighted by Crippen LogP contribution is -2.30. The van der Waals surface area contributed by atoms with Gasteiger partial charge in [-0.25, -0.2) is 0 Å². The van der Waals surface area contributed by atoms with E-state index in [2.05, 4.69) is 17.1 Å². The zero-order valence-electron chi connectivity index (χ0n) is 19.0. The third kappa shape index (κ3) is 4.19. The van der Waals surface area contributed by atoms with Crippen molar-refractivity contribution >= 4 is 17.5 Å². The van der Waals surface area contributed by atoms with Gasteiger partial charge < -0.3 is 9.64 Å². The van der Waals surface area contributed by atoms with Gasteiger partial charge in [0.25, 0.3) is 5.91 Å². The maximum atomic E-state index is 13.3. The van der Waals surface area contributed by atoms with Gasteiger partial charge in [0.2, 0.25) is 0 Å². The Kier molecular flexibility index (Phi) is 6.37. The maximum absolute atomic E-state index is 13.3. The normalized spacial score (nSPS) is 14.9. The van der Waals surface area contributed by atoms with Gasteiger partial charge in [-0.1, -0.05) is 85.6 Å². The Balaban J connectivity index is 1.46. The molecule has 1 aromatic heterocycles. The molecule has 1 amide bonds. The fourth-order valence-corrected chi connectivity index (χ4v) is 4.63. The van der Waals surface area contributed by atoms with E-state index in [4.69, 9.17) is 16.3 Å². The highest BCUT2D eigenvalue weighted by molar-refractivity contribution is 6.31. The molecule has 0 bridgehead atoms. The number of hydrogen-bond acceptors (Lipinski definition) is 3. The average Bonchev–Trinajstić information content (AvgIpc) is 3.42. The van der Waals surface area contributed by atoms with Crippen LogP contribution in [0.15, 0.2) is 78.9 Å². The molecule has 6 heteroatoms. The highest BCUT2D eigenvalue weighted by Crippen LogP contribution is 2.43. The molecule has 1 aliphatic rings. The molecule has 0 fully saturated rings. The molecule has 34 heavy (non-hydrogen) atoms. The summed E-state index contributed by atoms with van der Waals surface area (Å²) in [7, 11) is 0. The Morgan fingerprint density at radius 2 is 1.74 bits per heavy atom. The number of hydrogen-bond donors (Lipinski definition) is 1. The zero-order chi connectivity index (χ0) is 23.5. The van der Waals surface area contributed by atoms with Gasteiger partial charge >= 0.3 is 0 Å². The summed E-state index contributed by atoms with van der Waals surface area (Å²) >= 11 is 6.25. The lowest BCUT2D eigenvalue weighted by Gasteiger charge is -2.26. The first kappa shape index (κ1) is 22.2. The van der Waals surface area contributed by atoms with Gasteiger partial charge in [-0.2, -0.15) is 5.10 Å². The first-order chi connectivity index (χ1) is 16.7. The monoisotopic (exact) mass is 471 g/mol. The van der Waals surface area contributed by atoms with Crippen molar-refractivity contribution in [1.29, 1.82) is 0 Å². The van der Waals surface area contributed by atoms with Crippen LogP contribution in [0.25, 0.3) is 11.3 Å². The third-order valence-electron chi connectivity index (χ3n) is 6.21. The molecule has 1 aliphatic heterocycles. The van der Waals surface area contributed by atoms with E-state index in [-0.39, 0.29) is 11.9 Å². The minimum atomic E-state index is -0.194. The number of benzene rings is 3. The van der Waals surface area contributed by atoms with Gasteiger partial charge in [-0.3, -0.25) is 9.89 Å². The van der Waals surface area contributed by atoms with Crippen LogP contribution in [-0.2, 0) is 6.61 Å². The van der Waals surface area contributed by atoms with Gasteiger partial charge in [0.05, 0.1) is 11.7 Å². The van der Waals surface area contributed by atoms with E-state index in [1.807, 2.05) is 83.8 Å². The Morgan fingerprint density at radius 1 is 1.00 bits per heavy atom. The summed E-state index contributed by atoms with van der Waals surface area (Å²) in [6.07, 6.45) is 1.96. The molecular weight excluding hydrogens is 446 g/mol. The molecule has 5 nitrogen and oxygen atoms in total. The number of unbranched alkanes of at least 4 members (excludes halogenated alkanes) is 1. The van der Waals surface area contributed by atoms with Gasteiger partial charge in [-0.15, -0.1) is 0 Å². The number of carbonyl (C=O) groups excluding carboxylic acids is 1. The zero-order valence-corrected chi connectivity index (χ0v) is 19.8. The second kappa shape index (κ2) is 9.74. The largest absolute Gasteiger partial charge is 0.489 e. The van der Waals surface area contributed by atoms with Crippen LogP contribution in [0.3, 0.4) is 0 Å². The van der Waals surface area contributed by atoms with E-state index in [1.165, 1.54) is 0 Å². The predicted molar refractivity (Wildman–Crippen MR) is 134 cm³/mol. The van der Waals surface area contributed by atoms with E-state index in [1.54, 1.807) is 0 Å². The summed E-state index contributed by atoms with van der Waals surface area (Å²) < 4.78 is 5.97. The summed E-state index contributed by atoms with van der Waals surface area (Å²) in [6, 6.07) is 25.5. The average molecular weight is 472 g/mol. The summed E-state index contributed by atoms with van der Waals surface area (Å²) in [4.78, 5) is 15.3. The molecule has 2 heterocycles. The number of ether oxygens (including phenoxy) is 1. The Hall–Kier alpha value is -3.57. The van der Waals surface area contributed by atoms with Gasteiger partial charge in [0.15, 0.2) is 0 Å². The van der Waals surface area contributed by atoms with Crippen LogP contribution in [-0.4, -0.2) is 27.5 Å². The number of rotatable bonds is 8. The van der Waals surface area contributed by atoms with Crippen LogP contribution in [0.1, 0.15) is 53.0 Å². The molecule has 172 valence electrons. The smallest absolute Gasteiger partial charge is 0.273 e. The first-order valence-electron chi connectivity index (χ1n) is 11.6. The fraction of sp³-hybridized carbons (Fsp3) is 0.214. The number of H-pyrrole nitrogens is 1. The van der Waals surface area contributed by atoms with E-state index in [9.17, 15) is 4.79 Å². The SMILES string of the molecule is CCCCN1C(=O)c2[nH]nc(-c3ccccc3)c2C1c1ccc(OCc2ccccc2Cl)cc1. The number of carbonyl (C=O) groups is 1. The van der Waals surface area contributed by atoms with E-state index in [0.29, 0.717) is 23.9 Å². The standard InChI is InChI=1S/C28H26ClN3O2/c1-2-3-17-32-27(24-25(19-9-5-4-6-10-19)30-31-26(24)28(32)33)20-13-15-22(16-14-20)34-18-21-11-7-8-12-23(21)29/h4-16,27H,2-3,17-18H2,1H3,(H,30,31). The predicted octanol–water partition coefficient (Wildman–Crippen LogP) is 6.65. The van der Waals surface area contributed by atoms with Crippen molar-refractivity contribution in [2.75, 3.05) is 6.54 Å². The van der Waals surface area contributed by atoms with Crippen LogP contribution in [0.5, 0.6) is 5.75 Å². The molecule has 0 radical (unpaired) electrons. The number of fused-ring (bicyclic) bond motifs is 1. The van der Waals surface area contributed by atoms with Crippen molar-refractivity contribution in [2.45, 2.75) is 32.4 Å². The van der Waals surface area contributed by atoms with Gasteiger partial charge in [0, 0.05) is 28.3 Å². The molecule has 0 saturated heterocycles. The molecule has 0 saturated carbocycles. The molecule has 1 atom stereocenters. The van der Waals surface area contributed by atoms with E-state index >= 15 is 0 Å². The van der Waals surface area contributed by atoms with Crippen LogP contribution in [0.4, 0.5) is 0 Å². The quantitative estimate of drug-likeness (QED) is 0.313. The van der Waals surface area contributed by atoms with Crippen molar-refractivity contribution in [2.24, 2.45) is 0 Å². The van der Waals surface area contributed by atoms with Gasteiger partial charge in [-0.05, 0) is 30.2 Å². The molecule has 1 unspecified atom stereocenters. The van der Waals surface area contributed by atoms with Crippen molar-refractivity contribution < 1.29 is 9.53 Å². The third-order valence-corrected chi connectivity index (χ3v) is 6.58. The van der Waals surface area contributed by atoms with E-state index in [0.717, 1.165) is 46.5 Å². The molecule has 0 spiro atoms. The highest BCUT2D eigenvalue weighted by Gasteiger charge is 2.41. The Labute approximate surface area is 204 Å². The lowest BCUT2D eigenvalue weighted by molar-refractivity contribution is 0.0741. The number of aromatic nitrogens is 2. The van der Waals surface area contributed by atoms with E-state index < -0.39 is 0 Å². The Bertz CT molecular complexity index is 1280. The number of nitrogens with one attached hydrogen (secondary N) is 1. The number of aromatic amines is 1.